The van der Waals surface area contributed by atoms with Gasteiger partial charge in [-0.1, -0.05) is 30.3 Å². The summed E-state index contributed by atoms with van der Waals surface area (Å²) in [5.74, 6) is -2.00. The van der Waals surface area contributed by atoms with Crippen LogP contribution in [-0.2, 0) is 11.2 Å². The molecule has 1 aromatic rings. The minimum atomic E-state index is -1.32. The van der Waals surface area contributed by atoms with Crippen molar-refractivity contribution >= 4 is 5.97 Å². The molecule has 106 valence electrons. The third-order valence-electron chi connectivity index (χ3n) is 5.13. The third-order valence-corrected chi connectivity index (χ3v) is 5.13. The molecule has 2 aliphatic rings. The Hall–Kier alpha value is -1.91. The maximum absolute atomic E-state index is 11.8. The fraction of sp³-hybridized carbons (Fsp3) is 0.533. The van der Waals surface area contributed by atoms with Crippen molar-refractivity contribution in [2.45, 2.75) is 31.2 Å². The van der Waals surface area contributed by atoms with E-state index in [-0.39, 0.29) is 23.2 Å². The zero-order chi connectivity index (χ0) is 14.3. The van der Waals surface area contributed by atoms with Gasteiger partial charge in [-0.05, 0) is 30.7 Å². The number of aliphatic carboxylic acids is 1. The summed E-state index contributed by atoms with van der Waals surface area (Å²) in [6.45, 7) is 0. The second-order valence-corrected chi connectivity index (χ2v) is 6.00. The highest BCUT2D eigenvalue weighted by molar-refractivity contribution is 5.73. The lowest BCUT2D eigenvalue weighted by Gasteiger charge is -2.34. The van der Waals surface area contributed by atoms with E-state index in [9.17, 15) is 20.0 Å². The highest BCUT2D eigenvalue weighted by atomic mass is 16.6. The minimum absolute atomic E-state index is 0.0355. The van der Waals surface area contributed by atoms with E-state index in [1.807, 2.05) is 30.3 Å². The van der Waals surface area contributed by atoms with Crippen LogP contribution in [-0.4, -0.2) is 21.5 Å². The SMILES string of the molecule is O=C(O)C1C2CCC(C2)C1(Cc1ccccc1)[N+](=O)[O-]. The smallest absolute Gasteiger partial charge is 0.314 e. The van der Waals surface area contributed by atoms with Crippen LogP contribution in [0.25, 0.3) is 0 Å². The van der Waals surface area contributed by atoms with Crippen molar-refractivity contribution in [2.24, 2.45) is 17.8 Å². The van der Waals surface area contributed by atoms with Gasteiger partial charge in [0.15, 0.2) is 0 Å². The van der Waals surface area contributed by atoms with E-state index < -0.39 is 17.4 Å². The first-order valence-electron chi connectivity index (χ1n) is 6.97. The lowest BCUT2D eigenvalue weighted by molar-refractivity contribution is -0.586. The standard InChI is InChI=1S/C15H17NO4/c17-14(18)13-11-6-7-12(8-11)15(13,16(19)20)9-10-4-2-1-3-5-10/h1-5,11-13H,6-9H2,(H,17,18). The monoisotopic (exact) mass is 275 g/mol. The van der Waals surface area contributed by atoms with Gasteiger partial charge in [0.25, 0.3) is 0 Å². The van der Waals surface area contributed by atoms with Crippen LogP contribution in [0.1, 0.15) is 24.8 Å². The molecule has 3 rings (SSSR count). The van der Waals surface area contributed by atoms with Crippen molar-refractivity contribution in [3.05, 3.63) is 46.0 Å². The summed E-state index contributed by atoms with van der Waals surface area (Å²) >= 11 is 0. The highest BCUT2D eigenvalue weighted by Gasteiger charge is 2.69. The normalized spacial score (nSPS) is 35.1. The van der Waals surface area contributed by atoms with Crippen LogP contribution in [0, 0.1) is 27.9 Å². The lowest BCUT2D eigenvalue weighted by atomic mass is 9.70. The van der Waals surface area contributed by atoms with Crippen molar-refractivity contribution < 1.29 is 14.8 Å². The summed E-state index contributed by atoms with van der Waals surface area (Å²) in [6, 6.07) is 9.22. The van der Waals surface area contributed by atoms with Crippen molar-refractivity contribution in [2.75, 3.05) is 0 Å². The van der Waals surface area contributed by atoms with E-state index in [4.69, 9.17) is 0 Å². The van der Waals surface area contributed by atoms with Gasteiger partial charge in [-0.25, -0.2) is 0 Å². The maximum atomic E-state index is 11.8. The van der Waals surface area contributed by atoms with Gasteiger partial charge in [-0.3, -0.25) is 14.9 Å². The number of benzene rings is 1. The molecule has 1 N–H and O–H groups in total. The van der Waals surface area contributed by atoms with Crippen LogP contribution in [0.4, 0.5) is 0 Å². The van der Waals surface area contributed by atoms with Crippen molar-refractivity contribution in [3.8, 4) is 0 Å². The third kappa shape index (κ3) is 1.72. The van der Waals surface area contributed by atoms with Gasteiger partial charge in [0.1, 0.15) is 5.92 Å². The summed E-state index contributed by atoms with van der Waals surface area (Å²) in [4.78, 5) is 23.1. The molecule has 2 aliphatic carbocycles. The van der Waals surface area contributed by atoms with Gasteiger partial charge in [-0.15, -0.1) is 0 Å². The van der Waals surface area contributed by atoms with Crippen LogP contribution >= 0.6 is 0 Å². The van der Waals surface area contributed by atoms with E-state index in [1.165, 1.54) is 0 Å². The highest BCUT2D eigenvalue weighted by Crippen LogP contribution is 2.57. The second-order valence-electron chi connectivity index (χ2n) is 6.00. The number of nitrogens with zero attached hydrogens (tertiary/aromatic N) is 1. The van der Waals surface area contributed by atoms with E-state index in [1.54, 1.807) is 0 Å². The average Bonchev–Trinajstić information content (AvgIpc) is 2.99. The Labute approximate surface area is 116 Å². The van der Waals surface area contributed by atoms with Crippen molar-refractivity contribution in [1.82, 2.24) is 0 Å². The minimum Gasteiger partial charge on any atom is -0.481 e. The quantitative estimate of drug-likeness (QED) is 0.675. The van der Waals surface area contributed by atoms with Gasteiger partial charge >= 0.3 is 5.97 Å². The number of hydrogen-bond acceptors (Lipinski definition) is 3. The second kappa shape index (κ2) is 4.58. The summed E-state index contributed by atoms with van der Waals surface area (Å²) in [5, 5.41) is 21.3. The first kappa shape index (κ1) is 13.1. The Morgan fingerprint density at radius 2 is 2.05 bits per heavy atom. The Morgan fingerprint density at radius 3 is 2.65 bits per heavy atom. The molecule has 0 radical (unpaired) electrons. The molecule has 0 aliphatic heterocycles. The topological polar surface area (TPSA) is 80.4 Å². The van der Waals surface area contributed by atoms with Gasteiger partial charge in [0, 0.05) is 17.3 Å². The van der Waals surface area contributed by atoms with Crippen LogP contribution < -0.4 is 0 Å². The van der Waals surface area contributed by atoms with E-state index in [0.29, 0.717) is 6.42 Å². The Kier molecular flexibility index (Phi) is 3.00. The number of carboxylic acid groups (broad SMARTS) is 1. The van der Waals surface area contributed by atoms with Crippen LogP contribution in [0.5, 0.6) is 0 Å². The molecule has 20 heavy (non-hydrogen) atoms. The number of nitro groups is 1. The molecule has 0 saturated heterocycles. The van der Waals surface area contributed by atoms with Gasteiger partial charge in [-0.2, -0.15) is 0 Å². The molecule has 5 nitrogen and oxygen atoms in total. The van der Waals surface area contributed by atoms with Gasteiger partial charge < -0.3 is 5.11 Å². The predicted molar refractivity (Wildman–Crippen MR) is 71.8 cm³/mol. The molecular formula is C15H17NO4. The number of carbonyl (C=O) groups is 1. The molecule has 2 saturated carbocycles. The zero-order valence-corrected chi connectivity index (χ0v) is 11.1. The molecule has 2 bridgehead atoms. The molecule has 1 aromatic carbocycles. The molecule has 2 fully saturated rings. The number of rotatable bonds is 4. The van der Waals surface area contributed by atoms with E-state index >= 15 is 0 Å². The molecular weight excluding hydrogens is 258 g/mol. The van der Waals surface area contributed by atoms with Gasteiger partial charge in [0.05, 0.1) is 0 Å². The summed E-state index contributed by atoms with van der Waals surface area (Å²) in [5.41, 5.74) is -0.473. The molecule has 5 heteroatoms. The molecule has 0 amide bonds. The van der Waals surface area contributed by atoms with Crippen molar-refractivity contribution in [3.63, 3.8) is 0 Å². The fourth-order valence-corrected chi connectivity index (χ4v) is 4.36. The molecule has 4 atom stereocenters. The number of carboxylic acids is 1. The van der Waals surface area contributed by atoms with Crippen LogP contribution in [0.15, 0.2) is 30.3 Å². The van der Waals surface area contributed by atoms with Crippen LogP contribution in [0.2, 0.25) is 0 Å². The average molecular weight is 275 g/mol. The number of hydrogen-bond donors (Lipinski definition) is 1. The molecule has 4 unspecified atom stereocenters. The fourth-order valence-electron chi connectivity index (χ4n) is 4.36. The predicted octanol–water partition coefficient (Wildman–Crippen LogP) is 2.38. The summed E-state index contributed by atoms with van der Waals surface area (Å²) in [6.07, 6.45) is 2.50. The Morgan fingerprint density at radius 1 is 1.35 bits per heavy atom. The van der Waals surface area contributed by atoms with Crippen molar-refractivity contribution in [1.29, 1.82) is 0 Å². The maximum Gasteiger partial charge on any atom is 0.314 e. The lowest BCUT2D eigenvalue weighted by Crippen LogP contribution is -2.54. The first-order valence-corrected chi connectivity index (χ1v) is 6.97. The molecule has 0 heterocycles. The summed E-state index contributed by atoms with van der Waals surface area (Å²) < 4.78 is 0. The van der Waals surface area contributed by atoms with E-state index in [0.717, 1.165) is 18.4 Å². The van der Waals surface area contributed by atoms with Gasteiger partial charge in [0.2, 0.25) is 5.54 Å². The zero-order valence-electron chi connectivity index (χ0n) is 11.1. The Balaban J connectivity index is 2.03. The summed E-state index contributed by atoms with van der Waals surface area (Å²) in [7, 11) is 0. The first-order chi connectivity index (χ1) is 9.55. The molecule has 0 spiro atoms. The molecule has 0 aromatic heterocycles. The Bertz CT molecular complexity index is 544. The van der Waals surface area contributed by atoms with Crippen LogP contribution in [0.3, 0.4) is 0 Å². The largest absolute Gasteiger partial charge is 0.481 e. The number of fused-ring (bicyclic) bond motifs is 2. The van der Waals surface area contributed by atoms with E-state index in [2.05, 4.69) is 0 Å².